The van der Waals surface area contributed by atoms with Gasteiger partial charge in [0.25, 0.3) is 0 Å². The van der Waals surface area contributed by atoms with Gasteiger partial charge in [0.1, 0.15) is 0 Å². The first-order chi connectivity index (χ1) is 9.33. The fraction of sp³-hybridized carbons (Fsp3) is 0.800. The van der Waals surface area contributed by atoms with Gasteiger partial charge in [0.15, 0.2) is 0 Å². The molecule has 1 aliphatic carbocycles. The van der Waals surface area contributed by atoms with Crippen molar-refractivity contribution >= 4 is 11.8 Å². The SMILES string of the molecule is CSC1(Cn2cncc2C2CCCCN2)CCCC1. The van der Waals surface area contributed by atoms with Gasteiger partial charge >= 0.3 is 0 Å². The quantitative estimate of drug-likeness (QED) is 0.916. The van der Waals surface area contributed by atoms with Crippen LogP contribution >= 0.6 is 11.8 Å². The maximum Gasteiger partial charge on any atom is 0.0949 e. The number of hydrogen-bond donors (Lipinski definition) is 1. The highest BCUT2D eigenvalue weighted by Gasteiger charge is 2.34. The van der Waals surface area contributed by atoms with Crippen LogP contribution in [0.5, 0.6) is 0 Å². The Morgan fingerprint density at radius 2 is 2.21 bits per heavy atom. The molecule has 2 aliphatic rings. The molecular weight excluding hydrogens is 254 g/mol. The Morgan fingerprint density at radius 3 is 2.89 bits per heavy atom. The molecule has 1 saturated heterocycles. The maximum atomic E-state index is 4.42. The largest absolute Gasteiger partial charge is 0.332 e. The summed E-state index contributed by atoms with van der Waals surface area (Å²) < 4.78 is 2.88. The second-order valence-electron chi connectivity index (χ2n) is 6.04. The Bertz CT molecular complexity index is 403. The number of nitrogens with zero attached hydrogens (tertiary/aromatic N) is 2. The van der Waals surface area contributed by atoms with Crippen molar-refractivity contribution in [2.24, 2.45) is 0 Å². The van der Waals surface area contributed by atoms with Crippen LogP contribution in [0.25, 0.3) is 0 Å². The van der Waals surface area contributed by atoms with Gasteiger partial charge in [-0.2, -0.15) is 11.8 Å². The van der Waals surface area contributed by atoms with E-state index in [0.717, 1.165) is 13.1 Å². The fourth-order valence-electron chi connectivity index (χ4n) is 3.61. The molecule has 0 aromatic carbocycles. The molecule has 1 N–H and O–H groups in total. The Morgan fingerprint density at radius 1 is 1.37 bits per heavy atom. The van der Waals surface area contributed by atoms with E-state index in [1.807, 2.05) is 6.33 Å². The molecular formula is C15H25N3S. The van der Waals surface area contributed by atoms with Crippen LogP contribution in [0.2, 0.25) is 0 Å². The number of imidazole rings is 1. The van der Waals surface area contributed by atoms with Gasteiger partial charge in [0.05, 0.1) is 12.0 Å². The molecule has 2 fully saturated rings. The number of piperidine rings is 1. The molecule has 0 radical (unpaired) electrons. The van der Waals surface area contributed by atoms with Gasteiger partial charge in [-0.15, -0.1) is 0 Å². The molecule has 3 nitrogen and oxygen atoms in total. The zero-order chi connectivity index (χ0) is 13.1. The fourth-order valence-corrected chi connectivity index (χ4v) is 4.58. The summed E-state index contributed by atoms with van der Waals surface area (Å²) in [6, 6.07) is 0.525. The predicted molar refractivity (Wildman–Crippen MR) is 81.5 cm³/mol. The third kappa shape index (κ3) is 2.84. The highest BCUT2D eigenvalue weighted by Crippen LogP contribution is 2.42. The van der Waals surface area contributed by atoms with Crippen LogP contribution in [0.4, 0.5) is 0 Å². The predicted octanol–water partition coefficient (Wildman–Crippen LogP) is 3.37. The third-order valence-corrected chi connectivity index (χ3v) is 6.22. The molecule has 19 heavy (non-hydrogen) atoms. The molecule has 1 unspecified atom stereocenters. The number of rotatable bonds is 4. The Hall–Kier alpha value is -0.480. The van der Waals surface area contributed by atoms with Crippen LogP contribution in [0, 0.1) is 0 Å². The van der Waals surface area contributed by atoms with Crippen LogP contribution in [0.3, 0.4) is 0 Å². The molecule has 0 bridgehead atoms. The molecule has 2 heterocycles. The Kier molecular flexibility index (Phi) is 4.18. The van der Waals surface area contributed by atoms with E-state index in [-0.39, 0.29) is 0 Å². The number of thioether (sulfide) groups is 1. The van der Waals surface area contributed by atoms with Gasteiger partial charge < -0.3 is 9.88 Å². The lowest BCUT2D eigenvalue weighted by Gasteiger charge is -2.30. The zero-order valence-electron chi connectivity index (χ0n) is 11.9. The van der Waals surface area contributed by atoms with Gasteiger partial charge in [-0.25, -0.2) is 4.98 Å². The minimum atomic E-state index is 0.462. The number of hydrogen-bond acceptors (Lipinski definition) is 3. The second kappa shape index (κ2) is 5.88. The van der Waals surface area contributed by atoms with Crippen molar-refractivity contribution in [3.05, 3.63) is 18.2 Å². The average Bonchev–Trinajstić information content (AvgIpc) is 3.10. The van der Waals surface area contributed by atoms with Crippen LogP contribution in [-0.2, 0) is 6.54 Å². The molecule has 1 saturated carbocycles. The molecule has 106 valence electrons. The molecule has 1 aromatic heterocycles. The molecule has 1 aliphatic heterocycles. The van der Waals surface area contributed by atoms with E-state index < -0.39 is 0 Å². The summed E-state index contributed by atoms with van der Waals surface area (Å²) in [6.45, 7) is 2.30. The van der Waals surface area contributed by atoms with Crippen molar-refractivity contribution < 1.29 is 0 Å². The highest BCUT2D eigenvalue weighted by atomic mass is 32.2. The number of nitrogens with one attached hydrogen (secondary N) is 1. The molecule has 1 aromatic rings. The summed E-state index contributed by atoms with van der Waals surface area (Å²) in [5.41, 5.74) is 1.40. The molecule has 4 heteroatoms. The van der Waals surface area contributed by atoms with Crippen molar-refractivity contribution in [3.63, 3.8) is 0 Å². The van der Waals surface area contributed by atoms with Crippen LogP contribution in [-0.4, -0.2) is 27.1 Å². The first kappa shape index (κ1) is 13.5. The van der Waals surface area contributed by atoms with E-state index >= 15 is 0 Å². The van der Waals surface area contributed by atoms with Gasteiger partial charge in [0.2, 0.25) is 0 Å². The van der Waals surface area contributed by atoms with Crippen LogP contribution < -0.4 is 5.32 Å². The zero-order valence-corrected chi connectivity index (χ0v) is 12.7. The van der Waals surface area contributed by atoms with Crippen molar-refractivity contribution in [3.8, 4) is 0 Å². The van der Waals surface area contributed by atoms with E-state index in [1.54, 1.807) is 0 Å². The van der Waals surface area contributed by atoms with Gasteiger partial charge in [-0.05, 0) is 38.5 Å². The van der Waals surface area contributed by atoms with Crippen molar-refractivity contribution in [1.29, 1.82) is 0 Å². The smallest absolute Gasteiger partial charge is 0.0949 e. The van der Waals surface area contributed by atoms with Gasteiger partial charge in [-0.1, -0.05) is 19.3 Å². The van der Waals surface area contributed by atoms with E-state index in [2.05, 4.69) is 39.1 Å². The summed E-state index contributed by atoms with van der Waals surface area (Å²) in [5.74, 6) is 0. The normalized spacial score (nSPS) is 26.7. The van der Waals surface area contributed by atoms with Crippen molar-refractivity contribution in [1.82, 2.24) is 14.9 Å². The summed E-state index contributed by atoms with van der Waals surface area (Å²) in [6.07, 6.45) is 15.8. The lowest BCUT2D eigenvalue weighted by Crippen LogP contribution is -2.32. The Labute approximate surface area is 120 Å². The first-order valence-electron chi connectivity index (χ1n) is 7.62. The molecule has 1 atom stereocenters. The van der Waals surface area contributed by atoms with Crippen molar-refractivity contribution in [2.75, 3.05) is 12.8 Å². The Balaban J connectivity index is 1.75. The molecule has 3 rings (SSSR count). The minimum Gasteiger partial charge on any atom is -0.332 e. The van der Waals surface area contributed by atoms with Gasteiger partial charge in [0, 0.05) is 23.5 Å². The average molecular weight is 279 g/mol. The summed E-state index contributed by atoms with van der Waals surface area (Å²) in [7, 11) is 0. The lowest BCUT2D eigenvalue weighted by molar-refractivity contribution is 0.384. The first-order valence-corrected chi connectivity index (χ1v) is 8.84. The van der Waals surface area contributed by atoms with E-state index in [4.69, 9.17) is 0 Å². The van der Waals surface area contributed by atoms with E-state index in [1.165, 1.54) is 50.6 Å². The number of aromatic nitrogens is 2. The molecule has 0 spiro atoms. The summed E-state index contributed by atoms with van der Waals surface area (Å²) in [5, 5.41) is 3.65. The summed E-state index contributed by atoms with van der Waals surface area (Å²) in [4.78, 5) is 4.42. The summed E-state index contributed by atoms with van der Waals surface area (Å²) >= 11 is 2.06. The standard InChI is InChI=1S/C15H25N3S/c1-19-15(7-3-4-8-15)11-18-12-16-10-14(18)13-6-2-5-9-17-13/h10,12-13,17H,2-9,11H2,1H3. The topological polar surface area (TPSA) is 29.9 Å². The lowest BCUT2D eigenvalue weighted by atomic mass is 10.0. The van der Waals surface area contributed by atoms with E-state index in [9.17, 15) is 0 Å². The van der Waals surface area contributed by atoms with Crippen LogP contribution in [0.15, 0.2) is 12.5 Å². The third-order valence-electron chi connectivity index (χ3n) is 4.82. The minimum absolute atomic E-state index is 0.462. The maximum absolute atomic E-state index is 4.42. The van der Waals surface area contributed by atoms with E-state index in [0.29, 0.717) is 10.8 Å². The molecule has 0 amide bonds. The highest BCUT2D eigenvalue weighted by molar-refractivity contribution is 8.00. The van der Waals surface area contributed by atoms with Crippen molar-refractivity contribution in [2.45, 2.75) is 62.3 Å². The van der Waals surface area contributed by atoms with Gasteiger partial charge in [-0.3, -0.25) is 0 Å². The monoisotopic (exact) mass is 279 g/mol. The van der Waals surface area contributed by atoms with Crippen LogP contribution in [0.1, 0.15) is 56.7 Å². The second-order valence-corrected chi connectivity index (χ2v) is 7.32.